The van der Waals surface area contributed by atoms with Crippen molar-refractivity contribution in [3.05, 3.63) is 60.2 Å². The van der Waals surface area contributed by atoms with Crippen LogP contribution in [0.15, 0.2) is 54.6 Å². The van der Waals surface area contributed by atoms with Gasteiger partial charge in [-0.1, -0.05) is 48.5 Å². The summed E-state index contributed by atoms with van der Waals surface area (Å²) >= 11 is 0. The van der Waals surface area contributed by atoms with Crippen LogP contribution in [0, 0.1) is 0 Å². The van der Waals surface area contributed by atoms with E-state index in [4.69, 9.17) is 4.74 Å². The molecule has 0 aliphatic carbocycles. The third kappa shape index (κ3) is 5.89. The number of rotatable bonds is 5. The lowest BCUT2D eigenvalue weighted by atomic mass is 9.98. The van der Waals surface area contributed by atoms with Crippen LogP contribution in [0.5, 0.6) is 0 Å². The lowest BCUT2D eigenvalue weighted by Crippen LogP contribution is -2.38. The molecule has 0 heterocycles. The Morgan fingerprint density at radius 2 is 1.68 bits per heavy atom. The molecular weight excluding hydrogens is 318 g/mol. The first-order valence-electron chi connectivity index (χ1n) is 8.24. The highest BCUT2D eigenvalue weighted by Gasteiger charge is 2.21. The maximum atomic E-state index is 11.6. The molecule has 5 nitrogen and oxygen atoms in total. The molecule has 1 amide bonds. The summed E-state index contributed by atoms with van der Waals surface area (Å²) in [5.74, 6) is 0. The van der Waals surface area contributed by atoms with Gasteiger partial charge in [-0.25, -0.2) is 4.79 Å². The molecule has 0 fully saturated rings. The number of alkyl carbamates (subject to hydrolysis) is 1. The third-order valence-electron chi connectivity index (χ3n) is 3.55. The smallest absolute Gasteiger partial charge is 0.407 e. The Morgan fingerprint density at radius 3 is 2.32 bits per heavy atom. The minimum Gasteiger partial charge on any atom is -0.444 e. The topological polar surface area (TPSA) is 78.8 Å². The zero-order valence-electron chi connectivity index (χ0n) is 14.8. The van der Waals surface area contributed by atoms with E-state index in [9.17, 15) is 15.0 Å². The standard InChI is InChI=1S/C20H25NO4/c1-20(2,3)25-19(24)21-13-17(22)18(23)16-11-7-10-15(12-16)14-8-5-4-6-9-14/h4-12,17-18,22-23H,13H2,1-3H3,(H,21,24). The van der Waals surface area contributed by atoms with E-state index < -0.39 is 23.9 Å². The fourth-order valence-corrected chi connectivity index (χ4v) is 2.37. The maximum Gasteiger partial charge on any atom is 0.407 e. The van der Waals surface area contributed by atoms with Crippen LogP contribution >= 0.6 is 0 Å². The van der Waals surface area contributed by atoms with Gasteiger partial charge in [0.2, 0.25) is 0 Å². The van der Waals surface area contributed by atoms with E-state index in [0.29, 0.717) is 5.56 Å². The van der Waals surface area contributed by atoms with Crippen molar-refractivity contribution >= 4 is 6.09 Å². The van der Waals surface area contributed by atoms with E-state index in [2.05, 4.69) is 5.32 Å². The van der Waals surface area contributed by atoms with Crippen molar-refractivity contribution in [2.45, 2.75) is 38.6 Å². The lowest BCUT2D eigenvalue weighted by molar-refractivity contribution is 0.0129. The van der Waals surface area contributed by atoms with Crippen molar-refractivity contribution in [2.75, 3.05) is 6.54 Å². The predicted molar refractivity (Wildman–Crippen MR) is 97.1 cm³/mol. The second-order valence-electron chi connectivity index (χ2n) is 6.89. The number of benzene rings is 2. The number of aliphatic hydroxyl groups excluding tert-OH is 2. The van der Waals surface area contributed by atoms with Crippen LogP contribution in [0.1, 0.15) is 32.4 Å². The van der Waals surface area contributed by atoms with Crippen molar-refractivity contribution in [3.63, 3.8) is 0 Å². The van der Waals surface area contributed by atoms with Gasteiger partial charge in [-0.15, -0.1) is 0 Å². The quantitative estimate of drug-likeness (QED) is 0.778. The summed E-state index contributed by atoms with van der Waals surface area (Å²) in [6.45, 7) is 5.17. The van der Waals surface area contributed by atoms with Crippen LogP contribution in [0.2, 0.25) is 0 Å². The summed E-state index contributed by atoms with van der Waals surface area (Å²) in [6, 6.07) is 17.1. The van der Waals surface area contributed by atoms with Gasteiger partial charge in [0, 0.05) is 6.54 Å². The first kappa shape index (κ1) is 19.0. The molecule has 0 saturated carbocycles. The molecule has 5 heteroatoms. The Kier molecular flexibility index (Phi) is 6.17. The normalized spacial score (nSPS) is 13.8. The predicted octanol–water partition coefficient (Wildman–Crippen LogP) is 3.27. The number of hydrogen-bond acceptors (Lipinski definition) is 4. The maximum absolute atomic E-state index is 11.6. The monoisotopic (exact) mass is 343 g/mol. The Balaban J connectivity index is 2.00. The number of aliphatic hydroxyl groups is 2. The van der Waals surface area contributed by atoms with Gasteiger partial charge in [0.1, 0.15) is 17.8 Å². The zero-order valence-corrected chi connectivity index (χ0v) is 14.8. The molecule has 3 N–H and O–H groups in total. The van der Waals surface area contributed by atoms with Crippen LogP contribution < -0.4 is 5.32 Å². The molecule has 0 aliphatic heterocycles. The second kappa shape index (κ2) is 8.14. The number of nitrogens with one attached hydrogen (secondary N) is 1. The molecule has 25 heavy (non-hydrogen) atoms. The first-order valence-corrected chi connectivity index (χ1v) is 8.24. The van der Waals surface area contributed by atoms with Gasteiger partial charge in [-0.3, -0.25) is 0 Å². The van der Waals surface area contributed by atoms with Gasteiger partial charge in [0.15, 0.2) is 0 Å². The van der Waals surface area contributed by atoms with E-state index in [1.807, 2.05) is 48.5 Å². The number of ether oxygens (including phenoxy) is 1. The molecule has 2 aromatic carbocycles. The zero-order chi connectivity index (χ0) is 18.4. The van der Waals surface area contributed by atoms with Crippen molar-refractivity contribution in [2.24, 2.45) is 0 Å². The van der Waals surface area contributed by atoms with Crippen LogP contribution in [-0.2, 0) is 4.74 Å². The van der Waals surface area contributed by atoms with Crippen molar-refractivity contribution in [1.82, 2.24) is 5.32 Å². The van der Waals surface area contributed by atoms with Gasteiger partial charge in [0.25, 0.3) is 0 Å². The number of carbonyl (C=O) groups excluding carboxylic acids is 1. The van der Waals surface area contributed by atoms with E-state index in [1.54, 1.807) is 26.8 Å². The Hall–Kier alpha value is -2.37. The average Bonchev–Trinajstić information content (AvgIpc) is 2.58. The third-order valence-corrected chi connectivity index (χ3v) is 3.55. The summed E-state index contributed by atoms with van der Waals surface area (Å²) in [4.78, 5) is 11.6. The molecule has 0 radical (unpaired) electrons. The van der Waals surface area contributed by atoms with Crippen LogP contribution in [0.3, 0.4) is 0 Å². The van der Waals surface area contributed by atoms with Crippen molar-refractivity contribution in [1.29, 1.82) is 0 Å². The summed E-state index contributed by atoms with van der Waals surface area (Å²) < 4.78 is 5.11. The average molecular weight is 343 g/mol. The van der Waals surface area contributed by atoms with E-state index in [-0.39, 0.29) is 6.54 Å². The summed E-state index contributed by atoms with van der Waals surface area (Å²) in [5.41, 5.74) is 1.94. The fraction of sp³-hybridized carbons (Fsp3) is 0.350. The first-order chi connectivity index (χ1) is 11.8. The van der Waals surface area contributed by atoms with Crippen LogP contribution in [0.25, 0.3) is 11.1 Å². The minimum atomic E-state index is -1.14. The van der Waals surface area contributed by atoms with Gasteiger partial charge in [-0.2, -0.15) is 0 Å². The van der Waals surface area contributed by atoms with Crippen molar-refractivity contribution < 1.29 is 19.7 Å². The molecule has 0 spiro atoms. The molecule has 2 atom stereocenters. The number of hydrogen-bond donors (Lipinski definition) is 3. The highest BCUT2D eigenvalue weighted by Crippen LogP contribution is 2.24. The largest absolute Gasteiger partial charge is 0.444 e. The van der Waals surface area contributed by atoms with Gasteiger partial charge >= 0.3 is 6.09 Å². The summed E-state index contributed by atoms with van der Waals surface area (Å²) in [7, 11) is 0. The molecular formula is C20H25NO4. The Morgan fingerprint density at radius 1 is 1.04 bits per heavy atom. The van der Waals surface area contributed by atoms with E-state index in [0.717, 1.165) is 11.1 Å². The van der Waals surface area contributed by atoms with Crippen molar-refractivity contribution in [3.8, 4) is 11.1 Å². The molecule has 2 unspecified atom stereocenters. The van der Waals surface area contributed by atoms with Gasteiger partial charge < -0.3 is 20.3 Å². The Labute approximate surface area is 148 Å². The lowest BCUT2D eigenvalue weighted by Gasteiger charge is -2.22. The van der Waals surface area contributed by atoms with Gasteiger partial charge in [-0.05, 0) is 43.5 Å². The molecule has 134 valence electrons. The van der Waals surface area contributed by atoms with E-state index >= 15 is 0 Å². The molecule has 0 aliphatic rings. The van der Waals surface area contributed by atoms with Crippen LogP contribution in [0.4, 0.5) is 4.79 Å². The molecule has 2 rings (SSSR count). The molecule has 0 saturated heterocycles. The number of carbonyl (C=O) groups is 1. The van der Waals surface area contributed by atoms with Gasteiger partial charge in [0.05, 0.1) is 0 Å². The Bertz CT molecular complexity index is 694. The highest BCUT2D eigenvalue weighted by atomic mass is 16.6. The molecule has 0 bridgehead atoms. The highest BCUT2D eigenvalue weighted by molar-refractivity contribution is 5.67. The molecule has 2 aromatic rings. The van der Waals surface area contributed by atoms with E-state index in [1.165, 1.54) is 0 Å². The molecule has 0 aromatic heterocycles. The number of amides is 1. The fourth-order valence-electron chi connectivity index (χ4n) is 2.37. The second-order valence-corrected chi connectivity index (χ2v) is 6.89. The van der Waals surface area contributed by atoms with Crippen LogP contribution in [-0.4, -0.2) is 34.6 Å². The SMILES string of the molecule is CC(C)(C)OC(=O)NCC(O)C(O)c1cccc(-c2ccccc2)c1. The summed E-state index contributed by atoms with van der Waals surface area (Å²) in [6.07, 6.45) is -2.88. The minimum absolute atomic E-state index is 0.106. The summed E-state index contributed by atoms with van der Waals surface area (Å²) in [5, 5.41) is 23.0.